The molecule has 24 heavy (non-hydrogen) atoms. The van der Waals surface area contributed by atoms with Crippen molar-refractivity contribution in [3.8, 4) is 5.88 Å². The lowest BCUT2D eigenvalue weighted by molar-refractivity contribution is 0.0958. The zero-order valence-electron chi connectivity index (χ0n) is 12.9. The van der Waals surface area contributed by atoms with E-state index < -0.39 is 15.9 Å². The number of carbonyl (C=O) groups is 2. The summed E-state index contributed by atoms with van der Waals surface area (Å²) >= 11 is 0. The topological polar surface area (TPSA) is 114 Å². The average Bonchev–Trinajstić information content (AvgIpc) is 2.60. The Bertz CT molecular complexity index is 863. The minimum absolute atomic E-state index is 0.00874. The van der Waals surface area contributed by atoms with Crippen molar-refractivity contribution in [1.29, 1.82) is 0 Å². The average molecular weight is 349 g/mol. The van der Waals surface area contributed by atoms with Crippen molar-refractivity contribution in [1.82, 2.24) is 15.0 Å². The molecule has 1 aromatic heterocycles. The summed E-state index contributed by atoms with van der Waals surface area (Å²) in [5, 5.41) is 2.43. The molecule has 126 valence electrons. The highest BCUT2D eigenvalue weighted by atomic mass is 32.2. The van der Waals surface area contributed by atoms with Crippen molar-refractivity contribution in [3.05, 3.63) is 53.7 Å². The zero-order chi connectivity index (χ0) is 17.7. The molecule has 9 heteroatoms. The normalized spacial score (nSPS) is 10.8. The molecule has 0 radical (unpaired) electrons. The Kier molecular flexibility index (Phi) is 5.14. The number of nitrogens with zero attached hydrogens (tertiary/aromatic N) is 1. The number of hydrogen-bond acceptors (Lipinski definition) is 6. The Morgan fingerprint density at radius 1 is 1.08 bits per heavy atom. The molecule has 0 saturated carbocycles. The zero-order valence-corrected chi connectivity index (χ0v) is 13.8. The van der Waals surface area contributed by atoms with Crippen LogP contribution < -0.4 is 14.8 Å². The first-order valence-electron chi connectivity index (χ1n) is 6.77. The molecule has 0 bridgehead atoms. The van der Waals surface area contributed by atoms with Crippen molar-refractivity contribution in [2.24, 2.45) is 0 Å². The minimum atomic E-state index is -4.10. The number of sulfonamides is 1. The second-order valence-corrected chi connectivity index (χ2v) is 6.28. The Labute approximate surface area is 138 Å². The summed E-state index contributed by atoms with van der Waals surface area (Å²) in [6.45, 7) is 0. The number of nitrogens with one attached hydrogen (secondary N) is 2. The van der Waals surface area contributed by atoms with Gasteiger partial charge in [-0.2, -0.15) is 0 Å². The van der Waals surface area contributed by atoms with Gasteiger partial charge in [0, 0.05) is 18.8 Å². The monoisotopic (exact) mass is 349 g/mol. The number of benzene rings is 1. The number of methoxy groups -OCH3 is 1. The lowest BCUT2D eigenvalue weighted by Crippen LogP contribution is -2.31. The van der Waals surface area contributed by atoms with Crippen LogP contribution >= 0.6 is 0 Å². The number of pyridine rings is 1. The molecule has 2 rings (SSSR count). The molecule has 8 nitrogen and oxygen atoms in total. The van der Waals surface area contributed by atoms with Crippen molar-refractivity contribution < 1.29 is 22.7 Å². The van der Waals surface area contributed by atoms with Crippen LogP contribution in [0.1, 0.15) is 20.7 Å². The molecule has 0 aliphatic carbocycles. The van der Waals surface area contributed by atoms with Crippen LogP contribution in [0, 0.1) is 0 Å². The number of amides is 2. The van der Waals surface area contributed by atoms with Crippen LogP contribution in [0.15, 0.2) is 47.5 Å². The van der Waals surface area contributed by atoms with Gasteiger partial charge in [-0.3, -0.25) is 9.59 Å². The van der Waals surface area contributed by atoms with Gasteiger partial charge in [0.2, 0.25) is 5.88 Å². The molecule has 2 N–H and O–H groups in total. The van der Waals surface area contributed by atoms with E-state index in [9.17, 15) is 18.0 Å². The third-order valence-corrected chi connectivity index (χ3v) is 4.44. The first-order chi connectivity index (χ1) is 11.4. The summed E-state index contributed by atoms with van der Waals surface area (Å²) in [5.74, 6) is -1.20. The van der Waals surface area contributed by atoms with Gasteiger partial charge in [0.15, 0.2) is 0 Å². The Morgan fingerprint density at radius 2 is 1.75 bits per heavy atom. The van der Waals surface area contributed by atoms with E-state index in [1.807, 2.05) is 4.72 Å². The number of ether oxygens (including phenoxy) is 1. The molecule has 0 unspecified atom stereocenters. The van der Waals surface area contributed by atoms with E-state index in [0.29, 0.717) is 5.56 Å². The van der Waals surface area contributed by atoms with E-state index in [0.717, 1.165) is 0 Å². The third-order valence-electron chi connectivity index (χ3n) is 3.09. The van der Waals surface area contributed by atoms with Gasteiger partial charge in [-0.1, -0.05) is 0 Å². The highest BCUT2D eigenvalue weighted by Gasteiger charge is 2.21. The molecule has 0 spiro atoms. The van der Waals surface area contributed by atoms with Gasteiger partial charge < -0.3 is 10.1 Å². The summed E-state index contributed by atoms with van der Waals surface area (Å²) in [6.07, 6.45) is 1.42. The molecule has 0 fully saturated rings. The van der Waals surface area contributed by atoms with Gasteiger partial charge in [-0.15, -0.1) is 0 Å². The number of aromatic nitrogens is 1. The Balaban J connectivity index is 2.25. The first kappa shape index (κ1) is 17.4. The predicted octanol–water partition coefficient (Wildman–Crippen LogP) is 0.568. The summed E-state index contributed by atoms with van der Waals surface area (Å²) in [7, 11) is -1.31. The van der Waals surface area contributed by atoms with Crippen LogP contribution in [0.25, 0.3) is 0 Å². The van der Waals surface area contributed by atoms with E-state index in [4.69, 9.17) is 4.74 Å². The molecule has 0 saturated heterocycles. The summed E-state index contributed by atoms with van der Waals surface area (Å²) in [5.41, 5.74) is 0.294. The maximum absolute atomic E-state index is 12.3. The SMILES string of the molecule is CNC(=O)c1ccc(S(=O)(=O)NC(=O)c2cccnc2OC)cc1. The maximum Gasteiger partial charge on any atom is 0.270 e. The number of carbonyl (C=O) groups excluding carboxylic acids is 2. The summed E-state index contributed by atoms with van der Waals surface area (Å²) in [6, 6.07) is 8.06. The number of rotatable bonds is 5. The summed E-state index contributed by atoms with van der Waals surface area (Å²) < 4.78 is 31.4. The second-order valence-electron chi connectivity index (χ2n) is 4.60. The smallest absolute Gasteiger partial charge is 0.270 e. The largest absolute Gasteiger partial charge is 0.480 e. The van der Waals surface area contributed by atoms with Crippen molar-refractivity contribution >= 4 is 21.8 Å². The summed E-state index contributed by atoms with van der Waals surface area (Å²) in [4.78, 5) is 27.3. The molecule has 1 aromatic carbocycles. The van der Waals surface area contributed by atoms with Gasteiger partial charge in [-0.05, 0) is 36.4 Å². The van der Waals surface area contributed by atoms with Crippen LogP contribution in [0.4, 0.5) is 0 Å². The molecule has 2 aromatic rings. The second kappa shape index (κ2) is 7.09. The van der Waals surface area contributed by atoms with Crippen LogP contribution in [0.5, 0.6) is 5.88 Å². The van der Waals surface area contributed by atoms with Crippen LogP contribution in [0.2, 0.25) is 0 Å². The highest BCUT2D eigenvalue weighted by molar-refractivity contribution is 7.90. The quantitative estimate of drug-likeness (QED) is 0.815. The van der Waals surface area contributed by atoms with E-state index in [-0.39, 0.29) is 22.2 Å². The van der Waals surface area contributed by atoms with Crippen LogP contribution in [-0.2, 0) is 10.0 Å². The standard InChI is InChI=1S/C15H15N3O5S/c1-16-13(19)10-5-7-11(8-6-10)24(21,22)18-14(20)12-4-3-9-17-15(12)23-2/h3-9H,1-2H3,(H,16,19)(H,18,20). The predicted molar refractivity (Wildman–Crippen MR) is 85.3 cm³/mol. The van der Waals surface area contributed by atoms with Gasteiger partial charge >= 0.3 is 0 Å². The highest BCUT2D eigenvalue weighted by Crippen LogP contribution is 2.16. The van der Waals surface area contributed by atoms with Gasteiger partial charge in [-0.25, -0.2) is 18.1 Å². The van der Waals surface area contributed by atoms with E-state index in [1.165, 1.54) is 56.8 Å². The Hall–Kier alpha value is -2.94. The molecular weight excluding hydrogens is 334 g/mol. The molecule has 2 amide bonds. The van der Waals surface area contributed by atoms with Gasteiger partial charge in [0.25, 0.3) is 21.8 Å². The molecule has 0 aliphatic rings. The lowest BCUT2D eigenvalue weighted by Gasteiger charge is -2.09. The molecule has 1 heterocycles. The van der Waals surface area contributed by atoms with Crippen molar-refractivity contribution in [2.75, 3.05) is 14.2 Å². The number of hydrogen-bond donors (Lipinski definition) is 2. The minimum Gasteiger partial charge on any atom is -0.480 e. The van der Waals surface area contributed by atoms with E-state index in [1.54, 1.807) is 0 Å². The van der Waals surface area contributed by atoms with Crippen molar-refractivity contribution in [3.63, 3.8) is 0 Å². The van der Waals surface area contributed by atoms with Crippen LogP contribution in [-0.4, -0.2) is 39.4 Å². The third kappa shape index (κ3) is 3.69. The molecular formula is C15H15N3O5S. The molecule has 0 aliphatic heterocycles. The van der Waals surface area contributed by atoms with Crippen LogP contribution in [0.3, 0.4) is 0 Å². The lowest BCUT2D eigenvalue weighted by atomic mass is 10.2. The molecule has 0 atom stereocenters. The fraction of sp³-hybridized carbons (Fsp3) is 0.133. The van der Waals surface area contributed by atoms with E-state index in [2.05, 4.69) is 10.3 Å². The fourth-order valence-corrected chi connectivity index (χ4v) is 2.86. The first-order valence-corrected chi connectivity index (χ1v) is 8.25. The Morgan fingerprint density at radius 3 is 2.33 bits per heavy atom. The van der Waals surface area contributed by atoms with Gasteiger partial charge in [0.05, 0.1) is 12.0 Å². The fourth-order valence-electron chi connectivity index (χ4n) is 1.89. The van der Waals surface area contributed by atoms with Crippen molar-refractivity contribution in [2.45, 2.75) is 4.90 Å². The van der Waals surface area contributed by atoms with Gasteiger partial charge in [0.1, 0.15) is 5.56 Å². The maximum atomic E-state index is 12.3. The van der Waals surface area contributed by atoms with E-state index >= 15 is 0 Å².